The Hall–Kier alpha value is -3.26. The molecule has 1 aliphatic rings. The van der Waals surface area contributed by atoms with Crippen molar-refractivity contribution < 1.29 is 28.5 Å². The van der Waals surface area contributed by atoms with E-state index in [1.54, 1.807) is 41.3 Å². The second kappa shape index (κ2) is 9.79. The molecule has 1 heterocycles. The molecule has 0 atom stereocenters. The third kappa shape index (κ3) is 5.17. The van der Waals surface area contributed by atoms with Crippen molar-refractivity contribution in [1.82, 2.24) is 4.90 Å². The number of ether oxygens (including phenoxy) is 4. The van der Waals surface area contributed by atoms with Crippen molar-refractivity contribution in [2.45, 2.75) is 0 Å². The first-order valence-electron chi connectivity index (χ1n) is 9.23. The molecule has 0 bridgehead atoms. The Bertz CT molecular complexity index is 864. The van der Waals surface area contributed by atoms with Crippen molar-refractivity contribution in [3.05, 3.63) is 48.0 Å². The van der Waals surface area contributed by atoms with Gasteiger partial charge in [-0.25, -0.2) is 0 Å². The quantitative estimate of drug-likeness (QED) is 0.767. The third-order valence-electron chi connectivity index (χ3n) is 4.45. The predicted octanol–water partition coefficient (Wildman–Crippen LogP) is 2.19. The number of carbonyl (C=O) groups excluding carboxylic acids is 2. The number of anilines is 1. The number of carbonyl (C=O) groups is 2. The Balaban J connectivity index is 1.63. The number of hydrogen-bond donors (Lipinski definition) is 1. The zero-order chi connectivity index (χ0) is 20.6. The van der Waals surface area contributed by atoms with Crippen LogP contribution < -0.4 is 19.5 Å². The molecule has 2 amide bonds. The van der Waals surface area contributed by atoms with Gasteiger partial charge in [0.15, 0.2) is 18.1 Å². The molecule has 8 nitrogen and oxygen atoms in total. The lowest BCUT2D eigenvalue weighted by atomic mass is 10.1. The van der Waals surface area contributed by atoms with Crippen LogP contribution in [0, 0.1) is 0 Å². The maximum atomic E-state index is 12.6. The van der Waals surface area contributed by atoms with Crippen LogP contribution in [0.25, 0.3) is 0 Å². The monoisotopic (exact) mass is 400 g/mol. The van der Waals surface area contributed by atoms with Crippen molar-refractivity contribution in [1.29, 1.82) is 0 Å². The van der Waals surface area contributed by atoms with E-state index >= 15 is 0 Å². The van der Waals surface area contributed by atoms with Crippen LogP contribution in [0.2, 0.25) is 0 Å². The van der Waals surface area contributed by atoms with Gasteiger partial charge in [-0.2, -0.15) is 0 Å². The number of para-hydroxylation sites is 2. The van der Waals surface area contributed by atoms with E-state index in [1.807, 2.05) is 6.07 Å². The topological polar surface area (TPSA) is 86.3 Å². The third-order valence-corrected chi connectivity index (χ3v) is 4.45. The van der Waals surface area contributed by atoms with Gasteiger partial charge in [0.25, 0.3) is 11.8 Å². The van der Waals surface area contributed by atoms with E-state index in [9.17, 15) is 9.59 Å². The molecule has 1 fully saturated rings. The predicted molar refractivity (Wildman–Crippen MR) is 107 cm³/mol. The summed E-state index contributed by atoms with van der Waals surface area (Å²) in [7, 11) is 3.02. The van der Waals surface area contributed by atoms with Gasteiger partial charge in [0.2, 0.25) is 0 Å². The first-order valence-corrected chi connectivity index (χ1v) is 9.23. The van der Waals surface area contributed by atoms with Gasteiger partial charge in [0.1, 0.15) is 5.75 Å². The molecule has 2 aromatic carbocycles. The Labute approximate surface area is 169 Å². The van der Waals surface area contributed by atoms with Crippen LogP contribution in [-0.4, -0.2) is 63.8 Å². The molecule has 1 N–H and O–H groups in total. The van der Waals surface area contributed by atoms with E-state index in [0.29, 0.717) is 54.8 Å². The number of amides is 2. The van der Waals surface area contributed by atoms with E-state index in [2.05, 4.69) is 5.32 Å². The molecule has 8 heteroatoms. The van der Waals surface area contributed by atoms with Crippen molar-refractivity contribution in [3.8, 4) is 17.2 Å². The summed E-state index contributed by atoms with van der Waals surface area (Å²) in [5.41, 5.74) is 1.05. The number of morpholine rings is 1. The second-order valence-corrected chi connectivity index (χ2v) is 6.31. The largest absolute Gasteiger partial charge is 0.495 e. The van der Waals surface area contributed by atoms with Gasteiger partial charge in [-0.05, 0) is 30.3 Å². The lowest BCUT2D eigenvalue weighted by molar-refractivity contribution is -0.118. The number of hydrogen-bond acceptors (Lipinski definition) is 6. The van der Waals surface area contributed by atoms with Crippen LogP contribution in [0.5, 0.6) is 17.2 Å². The minimum Gasteiger partial charge on any atom is -0.495 e. The van der Waals surface area contributed by atoms with Crippen molar-refractivity contribution in [2.75, 3.05) is 52.4 Å². The van der Waals surface area contributed by atoms with E-state index in [1.165, 1.54) is 14.2 Å². The molecule has 0 aromatic heterocycles. The molecule has 1 saturated heterocycles. The lowest BCUT2D eigenvalue weighted by Gasteiger charge is -2.27. The summed E-state index contributed by atoms with van der Waals surface area (Å²) in [5.74, 6) is 0.886. The molecule has 0 radical (unpaired) electrons. The van der Waals surface area contributed by atoms with Gasteiger partial charge in [0.05, 0.1) is 33.1 Å². The molecule has 0 saturated carbocycles. The maximum absolute atomic E-state index is 12.6. The highest BCUT2D eigenvalue weighted by Crippen LogP contribution is 2.29. The van der Waals surface area contributed by atoms with E-state index in [4.69, 9.17) is 18.9 Å². The second-order valence-electron chi connectivity index (χ2n) is 6.31. The minimum absolute atomic E-state index is 0.0907. The first kappa shape index (κ1) is 20.5. The summed E-state index contributed by atoms with van der Waals surface area (Å²) < 4.78 is 21.4. The number of nitrogens with one attached hydrogen (secondary N) is 1. The van der Waals surface area contributed by atoms with Crippen LogP contribution in [-0.2, 0) is 9.53 Å². The molecular weight excluding hydrogens is 376 g/mol. The van der Waals surface area contributed by atoms with Crippen LogP contribution in [0.3, 0.4) is 0 Å². The Morgan fingerprint density at radius 1 is 1.00 bits per heavy atom. The van der Waals surface area contributed by atoms with E-state index < -0.39 is 0 Å². The summed E-state index contributed by atoms with van der Waals surface area (Å²) in [5, 5.41) is 2.74. The molecule has 2 aromatic rings. The molecule has 3 rings (SSSR count). The molecule has 0 aliphatic carbocycles. The van der Waals surface area contributed by atoms with Crippen molar-refractivity contribution in [2.24, 2.45) is 0 Å². The average Bonchev–Trinajstić information content (AvgIpc) is 2.78. The Morgan fingerprint density at radius 3 is 2.45 bits per heavy atom. The zero-order valence-electron chi connectivity index (χ0n) is 16.5. The summed E-state index contributed by atoms with van der Waals surface area (Å²) >= 11 is 0. The molecule has 154 valence electrons. The maximum Gasteiger partial charge on any atom is 0.262 e. The van der Waals surface area contributed by atoms with Crippen LogP contribution >= 0.6 is 0 Å². The molecule has 0 spiro atoms. The SMILES string of the molecule is COc1ccccc1NC(=O)COc1ccc(C(=O)N2CCOCC2)cc1OC. The van der Waals surface area contributed by atoms with Gasteiger partial charge in [-0.3, -0.25) is 9.59 Å². The van der Waals surface area contributed by atoms with Gasteiger partial charge in [-0.15, -0.1) is 0 Å². The normalized spacial score (nSPS) is 13.5. The van der Waals surface area contributed by atoms with Crippen LogP contribution in [0.4, 0.5) is 5.69 Å². The fourth-order valence-corrected chi connectivity index (χ4v) is 2.95. The highest BCUT2D eigenvalue weighted by atomic mass is 16.5. The Morgan fingerprint density at radius 2 is 1.72 bits per heavy atom. The summed E-state index contributed by atoms with van der Waals surface area (Å²) in [6, 6.07) is 12.0. The molecule has 0 unspecified atom stereocenters. The highest BCUT2D eigenvalue weighted by Gasteiger charge is 2.20. The summed E-state index contributed by atoms with van der Waals surface area (Å²) in [6.45, 7) is 1.97. The van der Waals surface area contributed by atoms with Gasteiger partial charge in [-0.1, -0.05) is 12.1 Å². The number of benzene rings is 2. The van der Waals surface area contributed by atoms with Gasteiger partial charge >= 0.3 is 0 Å². The standard InChI is InChI=1S/C21H24N2O6/c1-26-17-6-4-3-5-16(17)22-20(24)14-29-18-8-7-15(13-19(18)27-2)21(25)23-9-11-28-12-10-23/h3-8,13H,9-12,14H2,1-2H3,(H,22,24). The smallest absolute Gasteiger partial charge is 0.262 e. The summed E-state index contributed by atoms with van der Waals surface area (Å²) in [6.07, 6.45) is 0. The molecular formula is C21H24N2O6. The van der Waals surface area contributed by atoms with Crippen LogP contribution in [0.1, 0.15) is 10.4 Å². The minimum atomic E-state index is -0.343. The van der Waals surface area contributed by atoms with E-state index in [-0.39, 0.29) is 18.4 Å². The highest BCUT2D eigenvalue weighted by molar-refractivity contribution is 5.95. The molecule has 29 heavy (non-hydrogen) atoms. The average molecular weight is 400 g/mol. The lowest BCUT2D eigenvalue weighted by Crippen LogP contribution is -2.40. The Kier molecular flexibility index (Phi) is 6.91. The van der Waals surface area contributed by atoms with Gasteiger partial charge in [0, 0.05) is 18.7 Å². The van der Waals surface area contributed by atoms with Crippen molar-refractivity contribution >= 4 is 17.5 Å². The number of methoxy groups -OCH3 is 2. The van der Waals surface area contributed by atoms with Crippen LogP contribution in [0.15, 0.2) is 42.5 Å². The first-order chi connectivity index (χ1) is 14.1. The number of nitrogens with zero attached hydrogens (tertiary/aromatic N) is 1. The van der Waals surface area contributed by atoms with Gasteiger partial charge < -0.3 is 29.2 Å². The fourth-order valence-electron chi connectivity index (χ4n) is 2.95. The number of rotatable bonds is 7. The molecule has 1 aliphatic heterocycles. The summed E-state index contributed by atoms with van der Waals surface area (Å²) in [4.78, 5) is 26.6. The zero-order valence-corrected chi connectivity index (χ0v) is 16.5. The fraction of sp³-hybridized carbons (Fsp3) is 0.333. The van der Waals surface area contributed by atoms with E-state index in [0.717, 1.165) is 0 Å². The van der Waals surface area contributed by atoms with Crippen molar-refractivity contribution in [3.63, 3.8) is 0 Å².